The molecule has 0 aliphatic carbocycles. The summed E-state index contributed by atoms with van der Waals surface area (Å²) in [5.41, 5.74) is 2.92. The average Bonchev–Trinajstić information content (AvgIpc) is 3.39. The van der Waals surface area contributed by atoms with Crippen molar-refractivity contribution < 1.29 is 13.9 Å². The van der Waals surface area contributed by atoms with E-state index >= 15 is 0 Å². The molecule has 2 heterocycles. The first kappa shape index (κ1) is 17.7. The summed E-state index contributed by atoms with van der Waals surface area (Å²) in [6.07, 6.45) is 1.84. The number of furan rings is 1. The molecule has 4 aromatic rings. The smallest absolute Gasteiger partial charge is 0.315 e. The molecular weight excluding hydrogens is 388 g/mol. The maximum absolute atomic E-state index is 12.5. The van der Waals surface area contributed by atoms with Crippen LogP contribution in [0.25, 0.3) is 21.7 Å². The van der Waals surface area contributed by atoms with E-state index in [-0.39, 0.29) is 12.4 Å². The second-order valence-electron chi connectivity index (χ2n) is 6.71. The number of fused-ring (bicyclic) bond motifs is 3. The number of thioether (sulfide) groups is 2. The standard InChI is InChI=1S/C23H18O3S2/c24-21(26-18-8-5-16(6-9-18)23-27-11-12-28-23)13-17-14-25-20-10-7-15-3-1-2-4-19(15)22(17)20/h1-10,14,23H,11-13H2. The molecule has 0 atom stereocenters. The van der Waals surface area contributed by atoms with Crippen LogP contribution >= 0.6 is 23.5 Å². The van der Waals surface area contributed by atoms with E-state index in [0.717, 1.165) is 27.3 Å². The van der Waals surface area contributed by atoms with Crippen molar-refractivity contribution in [3.8, 4) is 5.75 Å². The Hall–Kier alpha value is -2.37. The Morgan fingerprint density at radius 2 is 1.79 bits per heavy atom. The minimum Gasteiger partial charge on any atom is -0.464 e. The molecule has 5 rings (SSSR count). The van der Waals surface area contributed by atoms with E-state index in [1.807, 2.05) is 59.9 Å². The number of hydrogen-bond donors (Lipinski definition) is 0. The molecule has 0 N–H and O–H groups in total. The van der Waals surface area contributed by atoms with Gasteiger partial charge in [0.25, 0.3) is 0 Å². The normalized spacial score (nSPS) is 14.7. The zero-order valence-corrected chi connectivity index (χ0v) is 16.7. The number of benzene rings is 3. The topological polar surface area (TPSA) is 39.4 Å². The maximum atomic E-state index is 12.5. The minimum absolute atomic E-state index is 0.178. The largest absolute Gasteiger partial charge is 0.464 e. The molecule has 0 bridgehead atoms. The van der Waals surface area contributed by atoms with Gasteiger partial charge in [-0.2, -0.15) is 0 Å². The summed E-state index contributed by atoms with van der Waals surface area (Å²) in [6, 6.07) is 20.0. The first-order valence-electron chi connectivity index (χ1n) is 9.19. The lowest BCUT2D eigenvalue weighted by molar-refractivity contribution is -0.133. The summed E-state index contributed by atoms with van der Waals surface area (Å²) in [4.78, 5) is 12.5. The number of rotatable bonds is 4. The number of esters is 1. The summed E-state index contributed by atoms with van der Waals surface area (Å²) in [5.74, 6) is 2.69. The molecule has 1 aliphatic rings. The molecule has 0 unspecified atom stereocenters. The highest BCUT2D eigenvalue weighted by molar-refractivity contribution is 8.19. The fourth-order valence-electron chi connectivity index (χ4n) is 3.57. The lowest BCUT2D eigenvalue weighted by atomic mass is 10.0. The van der Waals surface area contributed by atoms with E-state index in [0.29, 0.717) is 10.3 Å². The molecule has 0 radical (unpaired) electrons. The lowest BCUT2D eigenvalue weighted by Crippen LogP contribution is -2.11. The van der Waals surface area contributed by atoms with Gasteiger partial charge in [-0.05, 0) is 34.5 Å². The zero-order chi connectivity index (χ0) is 18.9. The third kappa shape index (κ3) is 3.40. The molecule has 0 saturated carbocycles. The van der Waals surface area contributed by atoms with Crippen molar-refractivity contribution in [2.24, 2.45) is 0 Å². The molecule has 28 heavy (non-hydrogen) atoms. The summed E-state index contributed by atoms with van der Waals surface area (Å²) in [6.45, 7) is 0. The lowest BCUT2D eigenvalue weighted by Gasteiger charge is -2.09. The minimum atomic E-state index is -0.284. The van der Waals surface area contributed by atoms with Crippen LogP contribution in [0, 0.1) is 0 Å². The van der Waals surface area contributed by atoms with E-state index in [1.54, 1.807) is 6.26 Å². The Kier molecular flexibility index (Phi) is 4.79. The van der Waals surface area contributed by atoms with Crippen molar-refractivity contribution in [3.05, 3.63) is 78.1 Å². The van der Waals surface area contributed by atoms with E-state index < -0.39 is 0 Å². The van der Waals surface area contributed by atoms with Crippen molar-refractivity contribution >= 4 is 51.2 Å². The van der Waals surface area contributed by atoms with E-state index in [2.05, 4.69) is 24.3 Å². The van der Waals surface area contributed by atoms with Gasteiger partial charge in [-0.15, -0.1) is 23.5 Å². The van der Waals surface area contributed by atoms with Crippen LogP contribution in [0.15, 0.2) is 71.3 Å². The van der Waals surface area contributed by atoms with Gasteiger partial charge in [0.1, 0.15) is 11.3 Å². The van der Waals surface area contributed by atoms with Crippen LogP contribution < -0.4 is 4.74 Å². The Bertz CT molecular complexity index is 1140. The molecule has 1 fully saturated rings. The number of hydrogen-bond acceptors (Lipinski definition) is 5. The van der Waals surface area contributed by atoms with Crippen LogP contribution in [0.5, 0.6) is 5.75 Å². The monoisotopic (exact) mass is 406 g/mol. The average molecular weight is 407 g/mol. The van der Waals surface area contributed by atoms with Crippen LogP contribution in [-0.4, -0.2) is 17.5 Å². The first-order chi connectivity index (χ1) is 13.8. The highest BCUT2D eigenvalue weighted by atomic mass is 32.2. The van der Waals surface area contributed by atoms with E-state index in [1.165, 1.54) is 17.1 Å². The van der Waals surface area contributed by atoms with Gasteiger partial charge in [-0.1, -0.05) is 42.5 Å². The molecule has 1 saturated heterocycles. The SMILES string of the molecule is O=C(Cc1coc2ccc3ccccc3c12)Oc1ccc(C2SCCS2)cc1. The van der Waals surface area contributed by atoms with Crippen LogP contribution in [0.1, 0.15) is 15.7 Å². The van der Waals surface area contributed by atoms with Gasteiger partial charge in [0.05, 0.1) is 17.3 Å². The second-order valence-corrected chi connectivity index (χ2v) is 9.44. The molecule has 0 spiro atoms. The van der Waals surface area contributed by atoms with Crippen molar-refractivity contribution in [2.45, 2.75) is 11.0 Å². The van der Waals surface area contributed by atoms with Gasteiger partial charge in [0.2, 0.25) is 0 Å². The summed E-state index contributed by atoms with van der Waals surface area (Å²) in [5, 5.41) is 3.21. The van der Waals surface area contributed by atoms with Gasteiger partial charge in [-0.25, -0.2) is 0 Å². The molecule has 0 amide bonds. The van der Waals surface area contributed by atoms with Crippen LogP contribution in [-0.2, 0) is 11.2 Å². The van der Waals surface area contributed by atoms with Gasteiger partial charge in [0, 0.05) is 22.5 Å². The van der Waals surface area contributed by atoms with E-state index in [9.17, 15) is 4.79 Å². The second kappa shape index (κ2) is 7.57. The number of carbonyl (C=O) groups excluding carboxylic acids is 1. The quantitative estimate of drug-likeness (QED) is 0.297. The highest BCUT2D eigenvalue weighted by Crippen LogP contribution is 2.45. The predicted octanol–water partition coefficient (Wildman–Crippen LogP) is 6.21. The third-order valence-corrected chi connectivity index (χ3v) is 7.98. The highest BCUT2D eigenvalue weighted by Gasteiger charge is 2.19. The molecule has 5 heteroatoms. The van der Waals surface area contributed by atoms with Gasteiger partial charge in [-0.3, -0.25) is 4.79 Å². The van der Waals surface area contributed by atoms with Crippen molar-refractivity contribution in [1.82, 2.24) is 0 Å². The molecule has 1 aromatic heterocycles. The molecule has 1 aliphatic heterocycles. The molecule has 3 nitrogen and oxygen atoms in total. The van der Waals surface area contributed by atoms with E-state index in [4.69, 9.17) is 9.15 Å². The number of carbonyl (C=O) groups is 1. The zero-order valence-electron chi connectivity index (χ0n) is 15.1. The predicted molar refractivity (Wildman–Crippen MR) is 117 cm³/mol. The van der Waals surface area contributed by atoms with Crippen molar-refractivity contribution in [3.63, 3.8) is 0 Å². The molecule has 3 aromatic carbocycles. The van der Waals surface area contributed by atoms with Crippen molar-refractivity contribution in [2.75, 3.05) is 11.5 Å². The Morgan fingerprint density at radius 1 is 1.00 bits per heavy atom. The first-order valence-corrected chi connectivity index (χ1v) is 11.3. The van der Waals surface area contributed by atoms with Gasteiger partial charge >= 0.3 is 5.97 Å². The Morgan fingerprint density at radius 3 is 2.61 bits per heavy atom. The van der Waals surface area contributed by atoms with Crippen molar-refractivity contribution in [1.29, 1.82) is 0 Å². The van der Waals surface area contributed by atoms with Crippen LogP contribution in [0.4, 0.5) is 0 Å². The summed E-state index contributed by atoms with van der Waals surface area (Å²) < 4.78 is 11.7. The van der Waals surface area contributed by atoms with Gasteiger partial charge < -0.3 is 9.15 Å². The Balaban J connectivity index is 1.35. The number of ether oxygens (including phenoxy) is 1. The maximum Gasteiger partial charge on any atom is 0.315 e. The molecule has 140 valence electrons. The van der Waals surface area contributed by atoms with Gasteiger partial charge in [0.15, 0.2) is 0 Å². The summed E-state index contributed by atoms with van der Waals surface area (Å²) in [7, 11) is 0. The van der Waals surface area contributed by atoms with Crippen LogP contribution in [0.3, 0.4) is 0 Å². The Labute approximate surface area is 171 Å². The third-order valence-electron chi connectivity index (χ3n) is 4.88. The molecular formula is C23H18O3S2. The fourth-order valence-corrected chi connectivity index (χ4v) is 6.43. The fraction of sp³-hybridized carbons (Fsp3) is 0.174. The summed E-state index contributed by atoms with van der Waals surface area (Å²) >= 11 is 3.93. The van der Waals surface area contributed by atoms with Crippen LogP contribution in [0.2, 0.25) is 0 Å².